The molecule has 7 heteroatoms. The molecule has 0 spiro atoms. The van der Waals surface area contributed by atoms with E-state index >= 15 is 0 Å². The molecule has 0 aliphatic rings. The fraction of sp³-hybridized carbons (Fsp3) is 0.111. The number of nitriles is 1. The van der Waals surface area contributed by atoms with Crippen LogP contribution in [0, 0.1) is 11.3 Å². The maximum atomic E-state index is 12.3. The summed E-state index contributed by atoms with van der Waals surface area (Å²) < 4.78 is 11.7. The number of ether oxygens (including phenoxy) is 2. The van der Waals surface area contributed by atoms with Gasteiger partial charge in [-0.25, -0.2) is 0 Å². The molecule has 0 bridgehead atoms. The van der Waals surface area contributed by atoms with Crippen LogP contribution < -0.4 is 14.8 Å². The number of carbonyl (C=O) groups excluding carboxylic acids is 1. The number of hydrogen-bond acceptors (Lipinski definition) is 4. The third-order valence-electron chi connectivity index (χ3n) is 3.25. The highest BCUT2D eigenvalue weighted by atomic mass is 79.9. The molecular weight excluding hydrogens is 452 g/mol. The van der Waals surface area contributed by atoms with Crippen molar-refractivity contribution < 1.29 is 14.3 Å². The first kappa shape index (κ1) is 19.0. The van der Waals surface area contributed by atoms with E-state index in [1.807, 2.05) is 6.07 Å². The number of benzene rings is 2. The Morgan fingerprint density at radius 2 is 1.72 bits per heavy atom. The molecule has 0 unspecified atom stereocenters. The first-order valence-electron chi connectivity index (χ1n) is 7.08. The number of halogens is 2. The van der Waals surface area contributed by atoms with Crippen molar-refractivity contribution >= 4 is 49.5 Å². The van der Waals surface area contributed by atoms with Crippen LogP contribution in [0.5, 0.6) is 11.5 Å². The lowest BCUT2D eigenvalue weighted by atomic mass is 10.1. The largest absolute Gasteiger partial charge is 0.497 e. The zero-order valence-electron chi connectivity index (χ0n) is 13.5. The van der Waals surface area contributed by atoms with Crippen molar-refractivity contribution in [3.8, 4) is 17.6 Å². The zero-order valence-corrected chi connectivity index (χ0v) is 16.6. The highest BCUT2D eigenvalue weighted by molar-refractivity contribution is 9.11. The molecule has 5 nitrogen and oxygen atoms in total. The van der Waals surface area contributed by atoms with E-state index in [0.717, 1.165) is 0 Å². The predicted molar refractivity (Wildman–Crippen MR) is 104 cm³/mol. The van der Waals surface area contributed by atoms with Crippen molar-refractivity contribution in [2.45, 2.75) is 0 Å². The number of rotatable bonds is 5. The molecule has 0 aliphatic heterocycles. The van der Waals surface area contributed by atoms with Gasteiger partial charge in [0.05, 0.1) is 23.2 Å². The molecule has 2 rings (SSSR count). The first-order valence-corrected chi connectivity index (χ1v) is 8.67. The van der Waals surface area contributed by atoms with Gasteiger partial charge in [-0.3, -0.25) is 4.79 Å². The fourth-order valence-electron chi connectivity index (χ4n) is 2.05. The van der Waals surface area contributed by atoms with Crippen LogP contribution in [0.2, 0.25) is 0 Å². The second-order valence-electron chi connectivity index (χ2n) is 4.87. The van der Waals surface area contributed by atoms with Crippen LogP contribution in [0.15, 0.2) is 50.9 Å². The van der Waals surface area contributed by atoms with Gasteiger partial charge in [-0.1, -0.05) is 0 Å². The average molecular weight is 466 g/mol. The number of nitrogens with one attached hydrogen (secondary N) is 1. The van der Waals surface area contributed by atoms with Gasteiger partial charge in [-0.15, -0.1) is 0 Å². The SMILES string of the molecule is COc1ccc(NC(=O)/C(C#N)=C\c2cc(Br)c(OC)c(Br)c2)cc1. The molecule has 25 heavy (non-hydrogen) atoms. The molecular formula is C18H14Br2N2O3. The van der Waals surface area contributed by atoms with Gasteiger partial charge in [0.1, 0.15) is 23.1 Å². The van der Waals surface area contributed by atoms with Gasteiger partial charge in [0.25, 0.3) is 5.91 Å². The van der Waals surface area contributed by atoms with Crippen molar-refractivity contribution in [3.05, 3.63) is 56.5 Å². The zero-order chi connectivity index (χ0) is 18.4. The minimum atomic E-state index is -0.490. The summed E-state index contributed by atoms with van der Waals surface area (Å²) in [6, 6.07) is 12.3. The van der Waals surface area contributed by atoms with Crippen molar-refractivity contribution in [1.29, 1.82) is 5.26 Å². The topological polar surface area (TPSA) is 71.3 Å². The first-order chi connectivity index (χ1) is 12.0. The molecule has 0 saturated heterocycles. The monoisotopic (exact) mass is 464 g/mol. The van der Waals surface area contributed by atoms with Gasteiger partial charge >= 0.3 is 0 Å². The maximum Gasteiger partial charge on any atom is 0.266 e. The summed E-state index contributed by atoms with van der Waals surface area (Å²) in [4.78, 5) is 12.3. The van der Waals surface area contributed by atoms with Crippen molar-refractivity contribution in [1.82, 2.24) is 0 Å². The van der Waals surface area contributed by atoms with E-state index in [2.05, 4.69) is 37.2 Å². The number of methoxy groups -OCH3 is 2. The number of anilines is 1. The van der Waals surface area contributed by atoms with Crippen LogP contribution in [0.25, 0.3) is 6.08 Å². The summed E-state index contributed by atoms with van der Waals surface area (Å²) in [6.07, 6.45) is 1.51. The smallest absolute Gasteiger partial charge is 0.266 e. The molecule has 0 heterocycles. The van der Waals surface area contributed by atoms with E-state index in [1.165, 1.54) is 6.08 Å². The predicted octanol–water partition coefficient (Wildman–Crippen LogP) is 4.77. The Bertz CT molecular complexity index is 833. The van der Waals surface area contributed by atoms with Gasteiger partial charge in [0.2, 0.25) is 0 Å². The molecule has 0 saturated carbocycles. The molecule has 2 aromatic rings. The van der Waals surface area contributed by atoms with Crippen LogP contribution in [0.3, 0.4) is 0 Å². The summed E-state index contributed by atoms with van der Waals surface area (Å²) >= 11 is 6.79. The van der Waals surface area contributed by atoms with Crippen LogP contribution in [-0.2, 0) is 4.79 Å². The van der Waals surface area contributed by atoms with Crippen LogP contribution in [-0.4, -0.2) is 20.1 Å². The van der Waals surface area contributed by atoms with Crippen LogP contribution >= 0.6 is 31.9 Å². The van der Waals surface area contributed by atoms with Crippen LogP contribution in [0.4, 0.5) is 5.69 Å². The lowest BCUT2D eigenvalue weighted by molar-refractivity contribution is -0.112. The highest BCUT2D eigenvalue weighted by Crippen LogP contribution is 2.35. The van der Waals surface area contributed by atoms with Gasteiger partial charge in [-0.05, 0) is 79.9 Å². The Morgan fingerprint density at radius 3 is 2.20 bits per heavy atom. The summed E-state index contributed by atoms with van der Waals surface area (Å²) in [5, 5.41) is 12.0. The summed E-state index contributed by atoms with van der Waals surface area (Å²) in [5.41, 5.74) is 1.24. The average Bonchev–Trinajstić information content (AvgIpc) is 2.60. The quantitative estimate of drug-likeness (QED) is 0.509. The Balaban J connectivity index is 2.24. The highest BCUT2D eigenvalue weighted by Gasteiger charge is 2.12. The van der Waals surface area contributed by atoms with Gasteiger partial charge in [0, 0.05) is 5.69 Å². The van der Waals surface area contributed by atoms with E-state index in [4.69, 9.17) is 9.47 Å². The Hall–Kier alpha value is -2.30. The summed E-state index contributed by atoms with van der Waals surface area (Å²) in [7, 11) is 3.12. The van der Waals surface area contributed by atoms with Gasteiger partial charge in [-0.2, -0.15) is 5.26 Å². The molecule has 2 aromatic carbocycles. The maximum absolute atomic E-state index is 12.3. The summed E-state index contributed by atoms with van der Waals surface area (Å²) in [5.74, 6) is 0.830. The molecule has 1 N–H and O–H groups in total. The minimum absolute atomic E-state index is 0.0141. The molecule has 0 atom stereocenters. The fourth-order valence-corrected chi connectivity index (χ4v) is 3.59. The standard InChI is InChI=1S/C18H14Br2N2O3/c1-24-14-5-3-13(4-6-14)22-18(23)12(10-21)7-11-8-15(19)17(25-2)16(20)9-11/h3-9H,1-2H3,(H,22,23)/b12-7-. The second kappa shape index (κ2) is 8.70. The number of amides is 1. The Kier molecular flexibility index (Phi) is 6.62. The molecule has 128 valence electrons. The second-order valence-corrected chi connectivity index (χ2v) is 6.58. The molecule has 0 radical (unpaired) electrons. The minimum Gasteiger partial charge on any atom is -0.497 e. The third-order valence-corrected chi connectivity index (χ3v) is 4.43. The van der Waals surface area contributed by atoms with Crippen molar-refractivity contribution in [2.75, 3.05) is 19.5 Å². The normalized spacial score (nSPS) is 10.8. The van der Waals surface area contributed by atoms with E-state index < -0.39 is 5.91 Å². The molecule has 1 amide bonds. The lowest BCUT2D eigenvalue weighted by Gasteiger charge is -2.08. The van der Waals surface area contributed by atoms with E-state index in [1.54, 1.807) is 50.6 Å². The Labute approximate surface area is 162 Å². The Morgan fingerprint density at radius 1 is 1.12 bits per heavy atom. The van der Waals surface area contributed by atoms with Gasteiger partial charge in [0.15, 0.2) is 0 Å². The number of nitrogens with zero attached hydrogens (tertiary/aromatic N) is 1. The molecule has 0 fully saturated rings. The van der Waals surface area contributed by atoms with Crippen molar-refractivity contribution in [3.63, 3.8) is 0 Å². The van der Waals surface area contributed by atoms with E-state index in [-0.39, 0.29) is 5.57 Å². The molecule has 0 aromatic heterocycles. The summed E-state index contributed by atoms with van der Waals surface area (Å²) in [6.45, 7) is 0. The number of carbonyl (C=O) groups is 1. The number of hydrogen-bond donors (Lipinski definition) is 1. The third kappa shape index (κ3) is 4.84. The molecule has 0 aliphatic carbocycles. The van der Waals surface area contributed by atoms with E-state index in [0.29, 0.717) is 31.7 Å². The van der Waals surface area contributed by atoms with E-state index in [9.17, 15) is 10.1 Å². The lowest BCUT2D eigenvalue weighted by Crippen LogP contribution is -2.13. The van der Waals surface area contributed by atoms with Crippen LogP contribution in [0.1, 0.15) is 5.56 Å². The van der Waals surface area contributed by atoms with Gasteiger partial charge < -0.3 is 14.8 Å². The van der Waals surface area contributed by atoms with Crippen molar-refractivity contribution in [2.24, 2.45) is 0 Å².